The van der Waals surface area contributed by atoms with E-state index in [4.69, 9.17) is 0 Å². The molecule has 0 aromatic carbocycles. The zero-order chi connectivity index (χ0) is 9.54. The molecule has 0 saturated heterocycles. The Balaban J connectivity index is 0.000000853. The molecule has 0 saturated carbocycles. The average Bonchev–Trinajstić information content (AvgIpc) is 2.67. The third-order valence-corrected chi connectivity index (χ3v) is 2.16. The number of amides is 1. The van der Waals surface area contributed by atoms with Crippen LogP contribution in [0.5, 0.6) is 0 Å². The van der Waals surface area contributed by atoms with E-state index in [0.717, 1.165) is 0 Å². The first-order valence-electron chi connectivity index (χ1n) is 4.19. The normalized spacial score (nSPS) is 16.1. The number of hydrogen-bond donors (Lipinski definition) is 0. The first-order chi connectivity index (χ1) is 6.86. The van der Waals surface area contributed by atoms with Crippen molar-refractivity contribution in [3.05, 3.63) is 40.7 Å². The number of allylic oxidation sites excluding steroid dienone is 1. The maximum atomic E-state index is 11.5. The summed E-state index contributed by atoms with van der Waals surface area (Å²) < 4.78 is 0. The van der Waals surface area contributed by atoms with Crippen molar-refractivity contribution < 1.29 is 4.79 Å². The van der Waals surface area contributed by atoms with Gasteiger partial charge in [0.2, 0.25) is 0 Å². The summed E-state index contributed by atoms with van der Waals surface area (Å²) in [6.45, 7) is 0. The third-order valence-electron chi connectivity index (χ3n) is 2.16. The second-order valence-electron chi connectivity index (χ2n) is 3.00. The summed E-state index contributed by atoms with van der Waals surface area (Å²) in [5.41, 5.74) is 1.18. The van der Waals surface area contributed by atoms with Gasteiger partial charge in [-0.2, -0.15) is 0 Å². The largest absolute Gasteiger partial charge is 0.279 e. The SMILES string of the molecule is I.O=C1N=c2cccnc2=C2N=CC=C12. The van der Waals surface area contributed by atoms with Crippen molar-refractivity contribution in [2.75, 3.05) is 0 Å². The molecule has 74 valence electrons. The van der Waals surface area contributed by atoms with Crippen molar-refractivity contribution in [3.8, 4) is 0 Å². The highest BCUT2D eigenvalue weighted by atomic mass is 127. The lowest BCUT2D eigenvalue weighted by Gasteiger charge is -2.03. The summed E-state index contributed by atoms with van der Waals surface area (Å²) in [7, 11) is 0. The Labute approximate surface area is 102 Å². The zero-order valence-electron chi connectivity index (χ0n) is 7.54. The summed E-state index contributed by atoms with van der Waals surface area (Å²) in [6, 6.07) is 3.52. The van der Waals surface area contributed by atoms with Crippen LogP contribution >= 0.6 is 24.0 Å². The quantitative estimate of drug-likeness (QED) is 0.632. The monoisotopic (exact) mass is 311 g/mol. The van der Waals surface area contributed by atoms with Gasteiger partial charge in [-0.05, 0) is 18.2 Å². The predicted molar refractivity (Wildman–Crippen MR) is 65.4 cm³/mol. The number of aliphatic imine (C=N–C) groups is 1. The van der Waals surface area contributed by atoms with Gasteiger partial charge in [0.05, 0.1) is 10.9 Å². The number of carbonyl (C=O) groups is 1. The Morgan fingerprint density at radius 2 is 2.13 bits per heavy atom. The molecule has 0 fully saturated rings. The van der Waals surface area contributed by atoms with Gasteiger partial charge in [-0.15, -0.1) is 24.0 Å². The van der Waals surface area contributed by atoms with Crippen LogP contribution in [0.25, 0.3) is 5.70 Å². The standard InChI is InChI=1S/C10H5N3O.HI/c14-10-6-3-5-12-8(6)9-7(13-10)2-1-4-11-9;/h1-5H;1H. The Bertz CT molecular complexity index is 616. The molecule has 3 heterocycles. The van der Waals surface area contributed by atoms with Gasteiger partial charge >= 0.3 is 0 Å². The van der Waals surface area contributed by atoms with Crippen LogP contribution in [-0.2, 0) is 4.79 Å². The Kier molecular flexibility index (Phi) is 2.47. The average molecular weight is 311 g/mol. The van der Waals surface area contributed by atoms with Gasteiger partial charge in [-0.1, -0.05) is 0 Å². The molecule has 0 aliphatic carbocycles. The lowest BCUT2D eigenvalue weighted by molar-refractivity contribution is -0.114. The van der Waals surface area contributed by atoms with Crippen LogP contribution < -0.4 is 10.7 Å². The molecule has 0 spiro atoms. The van der Waals surface area contributed by atoms with Gasteiger partial charge in [0.15, 0.2) is 0 Å². The van der Waals surface area contributed by atoms with E-state index in [2.05, 4.69) is 15.0 Å². The lowest BCUT2D eigenvalue weighted by Crippen LogP contribution is -2.35. The molecule has 2 aliphatic rings. The van der Waals surface area contributed by atoms with Crippen LogP contribution in [0, 0.1) is 0 Å². The summed E-state index contributed by atoms with van der Waals surface area (Å²) >= 11 is 0. The van der Waals surface area contributed by atoms with Crippen molar-refractivity contribution in [1.29, 1.82) is 0 Å². The fourth-order valence-electron chi connectivity index (χ4n) is 1.54. The Hall–Kier alpha value is -1.37. The predicted octanol–water partition coefficient (Wildman–Crippen LogP) is -0.0216. The maximum Gasteiger partial charge on any atom is 0.279 e. The van der Waals surface area contributed by atoms with Gasteiger partial charge in [0, 0.05) is 12.4 Å². The van der Waals surface area contributed by atoms with Gasteiger partial charge in [-0.25, -0.2) is 4.99 Å². The number of hydrogen-bond acceptors (Lipinski definition) is 3. The van der Waals surface area contributed by atoms with Gasteiger partial charge in [0.25, 0.3) is 5.91 Å². The van der Waals surface area contributed by atoms with Gasteiger partial charge in [-0.3, -0.25) is 14.8 Å². The summed E-state index contributed by atoms with van der Waals surface area (Å²) in [4.78, 5) is 23.7. The van der Waals surface area contributed by atoms with Crippen LogP contribution in [-0.4, -0.2) is 17.1 Å². The minimum Gasteiger partial charge on any atom is -0.267 e. The van der Waals surface area contributed by atoms with E-state index >= 15 is 0 Å². The molecule has 2 aliphatic heterocycles. The molecule has 1 aromatic rings. The van der Waals surface area contributed by atoms with Crippen molar-refractivity contribution in [2.45, 2.75) is 0 Å². The second kappa shape index (κ2) is 3.65. The highest BCUT2D eigenvalue weighted by Gasteiger charge is 2.21. The first kappa shape index (κ1) is 10.2. The second-order valence-corrected chi connectivity index (χ2v) is 3.00. The van der Waals surface area contributed by atoms with Crippen molar-refractivity contribution in [1.82, 2.24) is 4.98 Å². The minimum atomic E-state index is -0.238. The van der Waals surface area contributed by atoms with Crippen molar-refractivity contribution in [2.24, 2.45) is 9.98 Å². The smallest absolute Gasteiger partial charge is 0.267 e. The van der Waals surface area contributed by atoms with E-state index in [-0.39, 0.29) is 29.9 Å². The summed E-state index contributed by atoms with van der Waals surface area (Å²) in [5.74, 6) is -0.238. The minimum absolute atomic E-state index is 0. The zero-order valence-corrected chi connectivity index (χ0v) is 9.88. The van der Waals surface area contributed by atoms with E-state index in [9.17, 15) is 4.79 Å². The number of rotatable bonds is 0. The molecule has 0 atom stereocenters. The van der Waals surface area contributed by atoms with E-state index in [1.165, 1.54) is 0 Å². The van der Waals surface area contributed by atoms with Crippen LogP contribution in [0.4, 0.5) is 0 Å². The molecule has 0 N–H and O–H groups in total. The van der Waals surface area contributed by atoms with Crippen LogP contribution in [0.3, 0.4) is 0 Å². The first-order valence-corrected chi connectivity index (χ1v) is 4.19. The fraction of sp³-hybridized carbons (Fsp3) is 0. The highest BCUT2D eigenvalue weighted by Crippen LogP contribution is 2.17. The van der Waals surface area contributed by atoms with Crippen LogP contribution in [0.1, 0.15) is 0 Å². The maximum absolute atomic E-state index is 11.5. The van der Waals surface area contributed by atoms with Crippen molar-refractivity contribution in [3.63, 3.8) is 0 Å². The molecule has 1 aromatic heterocycles. The fourth-order valence-corrected chi connectivity index (χ4v) is 1.54. The number of pyridine rings is 1. The molecule has 15 heavy (non-hydrogen) atoms. The molecule has 3 rings (SSSR count). The molecular formula is C10H6IN3O. The summed E-state index contributed by atoms with van der Waals surface area (Å²) in [5, 5.41) is 1.29. The Morgan fingerprint density at radius 3 is 3.00 bits per heavy atom. The summed E-state index contributed by atoms with van der Waals surface area (Å²) in [6.07, 6.45) is 4.93. The molecular weight excluding hydrogens is 305 g/mol. The number of fused-ring (bicyclic) bond motifs is 2. The lowest BCUT2D eigenvalue weighted by atomic mass is 10.1. The molecule has 4 nitrogen and oxygen atoms in total. The van der Waals surface area contributed by atoms with E-state index in [1.807, 2.05) is 0 Å². The van der Waals surface area contributed by atoms with E-state index < -0.39 is 0 Å². The van der Waals surface area contributed by atoms with E-state index in [1.54, 1.807) is 30.6 Å². The Morgan fingerprint density at radius 1 is 1.27 bits per heavy atom. The number of aromatic nitrogens is 1. The van der Waals surface area contributed by atoms with Crippen LogP contribution in [0.15, 0.2) is 40.0 Å². The molecule has 1 amide bonds. The number of halogens is 1. The third kappa shape index (κ3) is 1.43. The highest BCUT2D eigenvalue weighted by molar-refractivity contribution is 14.0. The molecule has 5 heteroatoms. The number of carbonyl (C=O) groups excluding carboxylic acids is 1. The van der Waals surface area contributed by atoms with Gasteiger partial charge < -0.3 is 0 Å². The molecule has 0 unspecified atom stereocenters. The van der Waals surface area contributed by atoms with Crippen molar-refractivity contribution >= 4 is 41.8 Å². The molecule has 0 radical (unpaired) electrons. The molecule has 0 bridgehead atoms. The van der Waals surface area contributed by atoms with Crippen LogP contribution in [0.2, 0.25) is 0 Å². The van der Waals surface area contributed by atoms with Gasteiger partial charge in [0.1, 0.15) is 11.0 Å². The van der Waals surface area contributed by atoms with E-state index in [0.29, 0.717) is 22.0 Å². The topological polar surface area (TPSA) is 54.7 Å². The number of nitrogens with zero attached hydrogens (tertiary/aromatic N) is 3.